The zero-order chi connectivity index (χ0) is 12.6. The number of nitrogens with one attached hydrogen (secondary N) is 1. The number of hydrogen-bond donors (Lipinski definition) is 2. The zero-order valence-electron chi connectivity index (χ0n) is 9.97. The van der Waals surface area contributed by atoms with E-state index in [1.54, 1.807) is 19.1 Å². The first-order chi connectivity index (χ1) is 7.95. The molecule has 1 heterocycles. The molecule has 5 nitrogen and oxygen atoms in total. The lowest BCUT2D eigenvalue weighted by atomic mass is 10.1. The second-order valence-electron chi connectivity index (χ2n) is 4.24. The summed E-state index contributed by atoms with van der Waals surface area (Å²) in [5.41, 5.74) is 8.09. The van der Waals surface area contributed by atoms with E-state index in [4.69, 9.17) is 5.73 Å². The highest BCUT2D eigenvalue weighted by Crippen LogP contribution is 2.35. The molecule has 0 saturated heterocycles. The highest BCUT2D eigenvalue weighted by molar-refractivity contribution is 7.90. The fourth-order valence-electron chi connectivity index (χ4n) is 2.24. The third-order valence-electron chi connectivity index (χ3n) is 2.84. The molecule has 17 heavy (non-hydrogen) atoms. The highest BCUT2D eigenvalue weighted by atomic mass is 32.2. The van der Waals surface area contributed by atoms with Crippen LogP contribution in [0.25, 0.3) is 0 Å². The molecule has 2 rings (SSSR count). The molecular formula is C11H17N3O2S. The van der Waals surface area contributed by atoms with Crippen molar-refractivity contribution in [1.29, 1.82) is 0 Å². The lowest BCUT2D eigenvalue weighted by Gasteiger charge is -2.24. The largest absolute Gasteiger partial charge is 0.399 e. The van der Waals surface area contributed by atoms with Gasteiger partial charge < -0.3 is 5.73 Å². The Morgan fingerprint density at radius 3 is 2.88 bits per heavy atom. The molecule has 0 bridgehead atoms. The second-order valence-corrected chi connectivity index (χ2v) is 5.87. The molecule has 6 heteroatoms. The fourth-order valence-corrected chi connectivity index (χ4v) is 3.73. The molecular weight excluding hydrogens is 238 g/mol. The van der Waals surface area contributed by atoms with Gasteiger partial charge >= 0.3 is 10.2 Å². The Hall–Kier alpha value is -1.27. The minimum Gasteiger partial charge on any atom is -0.399 e. The van der Waals surface area contributed by atoms with Crippen LogP contribution in [-0.4, -0.2) is 21.0 Å². The molecule has 0 saturated carbocycles. The van der Waals surface area contributed by atoms with Gasteiger partial charge in [-0.3, -0.25) is 4.31 Å². The maximum atomic E-state index is 12.1. The second kappa shape index (κ2) is 4.19. The van der Waals surface area contributed by atoms with E-state index in [1.165, 1.54) is 4.31 Å². The van der Waals surface area contributed by atoms with Crippen LogP contribution in [0.3, 0.4) is 0 Å². The van der Waals surface area contributed by atoms with Gasteiger partial charge in [-0.25, -0.2) is 0 Å². The van der Waals surface area contributed by atoms with E-state index in [0.29, 0.717) is 18.7 Å². The molecule has 94 valence electrons. The average Bonchev–Trinajstić information content (AvgIpc) is 2.53. The Labute approximate surface area is 102 Å². The first kappa shape index (κ1) is 12.2. The molecule has 3 N–H and O–H groups in total. The molecule has 1 atom stereocenters. The highest BCUT2D eigenvalue weighted by Gasteiger charge is 2.34. The summed E-state index contributed by atoms with van der Waals surface area (Å²) in [5.74, 6) is 0. The molecule has 0 fully saturated rings. The first-order valence-electron chi connectivity index (χ1n) is 5.63. The van der Waals surface area contributed by atoms with Crippen LogP contribution in [0.1, 0.15) is 19.4 Å². The van der Waals surface area contributed by atoms with Gasteiger partial charge in [0.1, 0.15) is 0 Å². The Morgan fingerprint density at radius 2 is 2.24 bits per heavy atom. The van der Waals surface area contributed by atoms with Crippen LogP contribution in [0.15, 0.2) is 18.2 Å². The van der Waals surface area contributed by atoms with Gasteiger partial charge in [-0.15, -0.1) is 0 Å². The minimum atomic E-state index is -3.44. The summed E-state index contributed by atoms with van der Waals surface area (Å²) in [4.78, 5) is 0. The smallest absolute Gasteiger partial charge is 0.301 e. The van der Waals surface area contributed by atoms with Crippen molar-refractivity contribution >= 4 is 21.6 Å². The standard InChI is InChI=1S/C11H17N3O2S/c1-3-13-17(15,16)14-8(2)6-9-7-10(12)4-5-11(9)14/h4-5,7-8,13H,3,6,12H2,1-2H3. The van der Waals surface area contributed by atoms with E-state index in [2.05, 4.69) is 4.72 Å². The zero-order valence-corrected chi connectivity index (χ0v) is 10.8. The van der Waals surface area contributed by atoms with Crippen molar-refractivity contribution in [2.75, 3.05) is 16.6 Å². The van der Waals surface area contributed by atoms with Crippen molar-refractivity contribution in [3.8, 4) is 0 Å². The average molecular weight is 255 g/mol. The number of anilines is 2. The lowest BCUT2D eigenvalue weighted by Crippen LogP contribution is -2.43. The Balaban J connectivity index is 2.45. The number of fused-ring (bicyclic) bond motifs is 1. The van der Waals surface area contributed by atoms with E-state index in [9.17, 15) is 8.42 Å². The van der Waals surface area contributed by atoms with Gasteiger partial charge in [-0.05, 0) is 37.1 Å². The molecule has 0 amide bonds. The Bertz CT molecular complexity index is 528. The van der Waals surface area contributed by atoms with Crippen molar-refractivity contribution in [3.05, 3.63) is 23.8 Å². The quantitative estimate of drug-likeness (QED) is 0.787. The summed E-state index contributed by atoms with van der Waals surface area (Å²) in [6.45, 7) is 4.04. The fraction of sp³-hybridized carbons (Fsp3) is 0.455. The van der Waals surface area contributed by atoms with Crippen LogP contribution in [0.2, 0.25) is 0 Å². The maximum absolute atomic E-state index is 12.1. The molecule has 0 radical (unpaired) electrons. The minimum absolute atomic E-state index is 0.0733. The van der Waals surface area contributed by atoms with Crippen molar-refractivity contribution in [3.63, 3.8) is 0 Å². The van der Waals surface area contributed by atoms with Gasteiger partial charge in [0.05, 0.1) is 5.69 Å². The van der Waals surface area contributed by atoms with Crippen molar-refractivity contribution in [2.45, 2.75) is 26.3 Å². The number of benzene rings is 1. The predicted octanol–water partition coefficient (Wildman–Crippen LogP) is 0.874. The summed E-state index contributed by atoms with van der Waals surface area (Å²) < 4.78 is 28.1. The first-order valence-corrected chi connectivity index (χ1v) is 7.07. The number of nitrogens with two attached hydrogens (primary N) is 1. The molecule has 1 aliphatic rings. The summed E-state index contributed by atoms with van der Waals surface area (Å²) >= 11 is 0. The number of nitrogens with zero attached hydrogens (tertiary/aromatic N) is 1. The van der Waals surface area contributed by atoms with E-state index in [0.717, 1.165) is 11.3 Å². The van der Waals surface area contributed by atoms with Gasteiger partial charge in [0.15, 0.2) is 0 Å². The molecule has 0 aromatic heterocycles. The van der Waals surface area contributed by atoms with Crippen LogP contribution < -0.4 is 14.8 Å². The van der Waals surface area contributed by atoms with Crippen molar-refractivity contribution in [2.24, 2.45) is 0 Å². The molecule has 0 aliphatic carbocycles. The summed E-state index contributed by atoms with van der Waals surface area (Å²) in [5, 5.41) is 0. The van der Waals surface area contributed by atoms with Gasteiger partial charge in [0.2, 0.25) is 0 Å². The predicted molar refractivity (Wildman–Crippen MR) is 69.1 cm³/mol. The molecule has 1 unspecified atom stereocenters. The van der Waals surface area contributed by atoms with Gasteiger partial charge in [-0.1, -0.05) is 6.92 Å². The molecule has 0 spiro atoms. The number of nitrogen functional groups attached to an aromatic ring is 1. The van der Waals surface area contributed by atoms with Gasteiger partial charge in [0, 0.05) is 18.3 Å². The summed E-state index contributed by atoms with van der Waals surface area (Å²) in [6, 6.07) is 5.26. The Kier molecular flexibility index (Phi) is 3.01. The monoisotopic (exact) mass is 255 g/mol. The topological polar surface area (TPSA) is 75.4 Å². The number of hydrogen-bond acceptors (Lipinski definition) is 3. The van der Waals surface area contributed by atoms with Crippen LogP contribution in [0.5, 0.6) is 0 Å². The van der Waals surface area contributed by atoms with Crippen LogP contribution in [0.4, 0.5) is 11.4 Å². The SMILES string of the molecule is CCNS(=O)(=O)N1c2ccc(N)cc2CC1C. The molecule has 1 aromatic carbocycles. The Morgan fingerprint density at radius 1 is 1.53 bits per heavy atom. The van der Waals surface area contributed by atoms with Gasteiger partial charge in [0.25, 0.3) is 0 Å². The van der Waals surface area contributed by atoms with Gasteiger partial charge in [-0.2, -0.15) is 13.1 Å². The van der Waals surface area contributed by atoms with E-state index in [1.807, 2.05) is 13.0 Å². The molecule has 1 aliphatic heterocycles. The van der Waals surface area contributed by atoms with Crippen LogP contribution in [0, 0.1) is 0 Å². The van der Waals surface area contributed by atoms with Crippen LogP contribution >= 0.6 is 0 Å². The van der Waals surface area contributed by atoms with E-state index >= 15 is 0 Å². The van der Waals surface area contributed by atoms with E-state index in [-0.39, 0.29) is 6.04 Å². The third-order valence-corrected chi connectivity index (χ3v) is 4.57. The van der Waals surface area contributed by atoms with E-state index < -0.39 is 10.2 Å². The van der Waals surface area contributed by atoms with Crippen molar-refractivity contribution in [1.82, 2.24) is 4.72 Å². The third kappa shape index (κ3) is 2.10. The van der Waals surface area contributed by atoms with Crippen molar-refractivity contribution < 1.29 is 8.42 Å². The summed E-state index contributed by atoms with van der Waals surface area (Å²) in [7, 11) is -3.44. The summed E-state index contributed by atoms with van der Waals surface area (Å²) in [6.07, 6.45) is 0.699. The normalized spacial score (nSPS) is 19.4. The number of rotatable bonds is 3. The lowest BCUT2D eigenvalue weighted by molar-refractivity contribution is 0.572. The van der Waals surface area contributed by atoms with Crippen LogP contribution in [-0.2, 0) is 16.6 Å². The maximum Gasteiger partial charge on any atom is 0.301 e. The molecule has 1 aromatic rings.